The van der Waals surface area contributed by atoms with E-state index in [1.54, 1.807) is 0 Å². The Balaban J connectivity index is 1.08. The zero-order valence-corrected chi connectivity index (χ0v) is 28.1. The molecule has 0 atom stereocenters. The number of pyridine rings is 1. The quantitative estimate of drug-likeness (QED) is 0.185. The fourth-order valence-electron chi connectivity index (χ4n) is 9.10. The Bertz CT molecular complexity index is 3260. The molecule has 1 aliphatic rings. The molecule has 3 heterocycles. The zero-order valence-electron chi connectivity index (χ0n) is 28.1. The molecule has 11 aromatic rings. The van der Waals surface area contributed by atoms with Crippen molar-refractivity contribution in [2.45, 2.75) is 0 Å². The van der Waals surface area contributed by atoms with E-state index in [1.807, 2.05) is 12.4 Å². The van der Waals surface area contributed by atoms with Crippen LogP contribution >= 0.6 is 0 Å². The molecule has 3 aromatic heterocycles. The van der Waals surface area contributed by atoms with E-state index in [0.29, 0.717) is 0 Å². The average molecular weight is 660 g/mol. The van der Waals surface area contributed by atoms with Crippen molar-refractivity contribution < 1.29 is 0 Å². The third-order valence-electron chi connectivity index (χ3n) is 11.3. The SMILES string of the molecule is c1ccc(-n2c3ccc(-c4ccc5c(c4)c4ccccc4n5-c4ccc5c6c(cccc46)-c4ccncc4-5)cc3c3ccc4ccccc4c32)cc1. The fraction of sp³-hybridized carbons (Fsp3) is 0. The molecule has 0 saturated carbocycles. The molecule has 0 unspecified atom stereocenters. The Morgan fingerprint density at radius 2 is 1.08 bits per heavy atom. The van der Waals surface area contributed by atoms with E-state index in [0.717, 1.165) is 0 Å². The van der Waals surface area contributed by atoms with Crippen LogP contribution in [0.25, 0.3) is 110 Å². The first kappa shape index (κ1) is 27.8. The minimum atomic E-state index is 1.17. The highest BCUT2D eigenvalue weighted by atomic mass is 15.0. The van der Waals surface area contributed by atoms with Gasteiger partial charge in [0.1, 0.15) is 0 Å². The van der Waals surface area contributed by atoms with E-state index in [1.165, 1.54) is 110 Å². The first-order chi connectivity index (χ1) is 25.8. The summed E-state index contributed by atoms with van der Waals surface area (Å²) in [4.78, 5) is 4.47. The van der Waals surface area contributed by atoms with Gasteiger partial charge < -0.3 is 9.13 Å². The van der Waals surface area contributed by atoms with Gasteiger partial charge in [-0.25, -0.2) is 0 Å². The van der Waals surface area contributed by atoms with Crippen molar-refractivity contribution in [2.24, 2.45) is 0 Å². The Labute approximate surface area is 299 Å². The van der Waals surface area contributed by atoms with Gasteiger partial charge in [-0.1, -0.05) is 109 Å². The summed E-state index contributed by atoms with van der Waals surface area (Å²) in [5, 5.41) is 10.1. The summed E-state index contributed by atoms with van der Waals surface area (Å²) < 4.78 is 4.89. The van der Waals surface area contributed by atoms with Crippen LogP contribution in [0, 0.1) is 0 Å². The first-order valence-corrected chi connectivity index (χ1v) is 17.9. The second-order valence-corrected chi connectivity index (χ2v) is 14.0. The van der Waals surface area contributed by atoms with Crippen LogP contribution in [-0.2, 0) is 0 Å². The molecule has 1 aliphatic carbocycles. The molecule has 0 radical (unpaired) electrons. The van der Waals surface area contributed by atoms with Crippen LogP contribution in [0.2, 0.25) is 0 Å². The minimum Gasteiger partial charge on any atom is -0.309 e. The highest BCUT2D eigenvalue weighted by Gasteiger charge is 2.24. The van der Waals surface area contributed by atoms with Gasteiger partial charge >= 0.3 is 0 Å². The van der Waals surface area contributed by atoms with Gasteiger partial charge in [0.05, 0.1) is 27.8 Å². The third-order valence-corrected chi connectivity index (χ3v) is 11.3. The monoisotopic (exact) mass is 659 g/mol. The van der Waals surface area contributed by atoms with Crippen molar-refractivity contribution in [1.29, 1.82) is 0 Å². The average Bonchev–Trinajstić information content (AvgIpc) is 3.85. The zero-order chi connectivity index (χ0) is 33.9. The molecule has 0 amide bonds. The normalized spacial score (nSPS) is 12.2. The summed E-state index contributed by atoms with van der Waals surface area (Å²) in [5.41, 5.74) is 14.7. The molecule has 0 aliphatic heterocycles. The van der Waals surface area contributed by atoms with Gasteiger partial charge in [-0.05, 0) is 93.2 Å². The van der Waals surface area contributed by atoms with E-state index in [4.69, 9.17) is 0 Å². The van der Waals surface area contributed by atoms with E-state index in [9.17, 15) is 0 Å². The maximum absolute atomic E-state index is 4.47. The summed E-state index contributed by atoms with van der Waals surface area (Å²) in [7, 11) is 0. The van der Waals surface area contributed by atoms with E-state index >= 15 is 0 Å². The lowest BCUT2D eigenvalue weighted by Crippen LogP contribution is -1.95. The van der Waals surface area contributed by atoms with Gasteiger partial charge in [0.2, 0.25) is 0 Å². The predicted octanol–water partition coefficient (Wildman–Crippen LogP) is 12.9. The van der Waals surface area contributed by atoms with Crippen molar-refractivity contribution in [2.75, 3.05) is 0 Å². The van der Waals surface area contributed by atoms with Crippen molar-refractivity contribution >= 4 is 65.2 Å². The second kappa shape index (κ2) is 10.3. The predicted molar refractivity (Wildman–Crippen MR) is 218 cm³/mol. The van der Waals surface area contributed by atoms with Crippen LogP contribution in [0.3, 0.4) is 0 Å². The Morgan fingerprint density at radius 3 is 1.94 bits per heavy atom. The number of para-hydroxylation sites is 2. The Kier molecular flexibility index (Phi) is 5.50. The van der Waals surface area contributed by atoms with E-state index < -0.39 is 0 Å². The highest BCUT2D eigenvalue weighted by Crippen LogP contribution is 2.49. The molecule has 8 aromatic carbocycles. The molecule has 3 heteroatoms. The maximum atomic E-state index is 4.47. The number of rotatable bonds is 3. The number of nitrogens with zero attached hydrogens (tertiary/aromatic N) is 3. The Morgan fingerprint density at radius 1 is 0.385 bits per heavy atom. The van der Waals surface area contributed by atoms with Crippen molar-refractivity contribution in [3.63, 3.8) is 0 Å². The number of aromatic nitrogens is 3. The van der Waals surface area contributed by atoms with E-state index in [2.05, 4.69) is 178 Å². The lowest BCUT2D eigenvalue weighted by Gasteiger charge is -2.13. The van der Waals surface area contributed by atoms with Crippen LogP contribution in [0.1, 0.15) is 0 Å². The first-order valence-electron chi connectivity index (χ1n) is 17.9. The molecule has 0 bridgehead atoms. The van der Waals surface area contributed by atoms with Gasteiger partial charge in [-0.3, -0.25) is 4.98 Å². The molecule has 0 saturated heterocycles. The van der Waals surface area contributed by atoms with Gasteiger partial charge in [0.15, 0.2) is 0 Å². The van der Waals surface area contributed by atoms with Gasteiger partial charge in [0, 0.05) is 56.0 Å². The van der Waals surface area contributed by atoms with Crippen LogP contribution in [0.5, 0.6) is 0 Å². The van der Waals surface area contributed by atoms with Crippen LogP contribution in [-0.4, -0.2) is 14.1 Å². The van der Waals surface area contributed by atoms with Crippen molar-refractivity contribution in [3.8, 4) is 44.8 Å². The largest absolute Gasteiger partial charge is 0.309 e. The maximum Gasteiger partial charge on any atom is 0.0619 e. The summed E-state index contributed by atoms with van der Waals surface area (Å²) >= 11 is 0. The fourth-order valence-corrected chi connectivity index (χ4v) is 9.10. The molecule has 0 N–H and O–H groups in total. The molecule has 0 spiro atoms. The number of benzene rings is 8. The van der Waals surface area contributed by atoms with Crippen LogP contribution < -0.4 is 0 Å². The summed E-state index contributed by atoms with van der Waals surface area (Å²) in [5.74, 6) is 0. The van der Waals surface area contributed by atoms with E-state index in [-0.39, 0.29) is 0 Å². The summed E-state index contributed by atoms with van der Waals surface area (Å²) in [6, 6.07) is 60.3. The van der Waals surface area contributed by atoms with Crippen molar-refractivity contribution in [3.05, 3.63) is 176 Å². The number of hydrogen-bond donors (Lipinski definition) is 0. The summed E-state index contributed by atoms with van der Waals surface area (Å²) in [6.07, 6.45) is 3.90. The standard InChI is InChI=1S/C49H29N3/c1-2-10-33(11-3-1)51-46-22-18-32(28-42(46)39-20-17-30-9-4-5-12-34(30)49(39)51)31-19-23-47-41(27-31)36-13-6-7-16-44(36)52(47)45-24-21-38-43-29-50-26-25-35(43)37-14-8-15-40(45)48(37)38/h1-29H. The summed E-state index contributed by atoms with van der Waals surface area (Å²) in [6.45, 7) is 0. The topological polar surface area (TPSA) is 22.8 Å². The third kappa shape index (κ3) is 3.66. The number of fused-ring (bicyclic) bond motifs is 11. The van der Waals surface area contributed by atoms with Crippen molar-refractivity contribution in [1.82, 2.24) is 14.1 Å². The Hall–Kier alpha value is -6.97. The van der Waals surface area contributed by atoms with Crippen LogP contribution in [0.4, 0.5) is 0 Å². The molecular weight excluding hydrogens is 631 g/mol. The number of hydrogen-bond acceptors (Lipinski definition) is 1. The molecule has 0 fully saturated rings. The lowest BCUT2D eigenvalue weighted by molar-refractivity contribution is 1.19. The molecule has 3 nitrogen and oxygen atoms in total. The smallest absolute Gasteiger partial charge is 0.0619 e. The van der Waals surface area contributed by atoms with Gasteiger partial charge in [-0.15, -0.1) is 0 Å². The van der Waals surface area contributed by atoms with Gasteiger partial charge in [-0.2, -0.15) is 0 Å². The molecule has 12 rings (SSSR count). The molecule has 52 heavy (non-hydrogen) atoms. The van der Waals surface area contributed by atoms with Crippen LogP contribution in [0.15, 0.2) is 176 Å². The van der Waals surface area contributed by atoms with Gasteiger partial charge in [0.25, 0.3) is 0 Å². The molecular formula is C49H29N3. The lowest BCUT2D eigenvalue weighted by atomic mass is 10.00. The minimum absolute atomic E-state index is 1.17. The highest BCUT2D eigenvalue weighted by molar-refractivity contribution is 6.20. The molecule has 240 valence electrons. The second-order valence-electron chi connectivity index (χ2n) is 14.0.